The summed E-state index contributed by atoms with van der Waals surface area (Å²) in [5, 5.41) is 9.06. The van der Waals surface area contributed by atoms with Gasteiger partial charge >= 0.3 is 0 Å². The molecule has 0 atom stereocenters. The summed E-state index contributed by atoms with van der Waals surface area (Å²) < 4.78 is 0. The SMILES string of the molecule is CC(=O)CN1CCC(CCN2CC=C(c3cccc(C#N)c3)CC2)CC1. The maximum absolute atomic E-state index is 11.2. The van der Waals surface area contributed by atoms with Gasteiger partial charge in [0, 0.05) is 13.1 Å². The van der Waals surface area contributed by atoms with Gasteiger partial charge in [-0.25, -0.2) is 0 Å². The molecule has 0 saturated carbocycles. The highest BCUT2D eigenvalue weighted by Crippen LogP contribution is 2.25. The largest absolute Gasteiger partial charge is 0.299 e. The highest BCUT2D eigenvalue weighted by atomic mass is 16.1. The van der Waals surface area contributed by atoms with E-state index in [2.05, 4.69) is 28.0 Å². The van der Waals surface area contributed by atoms with Gasteiger partial charge in [-0.3, -0.25) is 14.6 Å². The van der Waals surface area contributed by atoms with Crippen LogP contribution in [0.5, 0.6) is 0 Å². The summed E-state index contributed by atoms with van der Waals surface area (Å²) in [7, 11) is 0. The van der Waals surface area contributed by atoms with E-state index in [0.717, 1.165) is 44.1 Å². The first kappa shape index (κ1) is 18.8. The van der Waals surface area contributed by atoms with E-state index in [0.29, 0.717) is 6.54 Å². The number of rotatable bonds is 6. The standard InChI is InChI=1S/C22H29N3O/c1-18(26)17-25-11-6-19(7-12-25)5-10-24-13-8-21(9-14-24)22-4-2-3-20(15-22)16-23/h2-4,8,15,19H,5-7,9-14,17H2,1H3. The van der Waals surface area contributed by atoms with Crippen molar-refractivity contribution in [3.63, 3.8) is 0 Å². The first-order valence-electron chi connectivity index (χ1n) is 9.78. The molecule has 26 heavy (non-hydrogen) atoms. The molecular formula is C22H29N3O. The van der Waals surface area contributed by atoms with Gasteiger partial charge in [0.05, 0.1) is 18.2 Å². The predicted molar refractivity (Wildman–Crippen MR) is 105 cm³/mol. The Kier molecular flexibility index (Phi) is 6.60. The topological polar surface area (TPSA) is 47.3 Å². The van der Waals surface area contributed by atoms with E-state index in [1.165, 1.54) is 36.9 Å². The summed E-state index contributed by atoms with van der Waals surface area (Å²) in [6, 6.07) is 10.2. The second kappa shape index (κ2) is 9.12. The van der Waals surface area contributed by atoms with Crippen LogP contribution in [0, 0.1) is 17.2 Å². The quantitative estimate of drug-likeness (QED) is 0.789. The Morgan fingerprint density at radius 1 is 1.23 bits per heavy atom. The van der Waals surface area contributed by atoms with Gasteiger partial charge in [-0.2, -0.15) is 5.26 Å². The normalized spacial score (nSPS) is 19.8. The first-order chi connectivity index (χ1) is 12.6. The molecule has 1 saturated heterocycles. The lowest BCUT2D eigenvalue weighted by Crippen LogP contribution is -2.38. The average molecular weight is 351 g/mol. The maximum atomic E-state index is 11.2. The van der Waals surface area contributed by atoms with Gasteiger partial charge in [0.2, 0.25) is 0 Å². The molecule has 0 aromatic heterocycles. The number of ketones is 1. The van der Waals surface area contributed by atoms with Gasteiger partial charge in [-0.05, 0) is 81.4 Å². The molecule has 4 heteroatoms. The summed E-state index contributed by atoms with van der Waals surface area (Å²) in [6.45, 7) is 7.73. The molecule has 0 radical (unpaired) electrons. The van der Waals surface area contributed by atoms with Crippen LogP contribution in [0.25, 0.3) is 5.57 Å². The lowest BCUT2D eigenvalue weighted by Gasteiger charge is -2.33. The summed E-state index contributed by atoms with van der Waals surface area (Å²) in [5.74, 6) is 1.08. The highest BCUT2D eigenvalue weighted by Gasteiger charge is 2.21. The number of nitriles is 1. The fourth-order valence-electron chi connectivity index (χ4n) is 4.08. The van der Waals surface area contributed by atoms with Crippen LogP contribution in [-0.2, 0) is 4.79 Å². The second-order valence-corrected chi connectivity index (χ2v) is 7.68. The van der Waals surface area contributed by atoms with E-state index < -0.39 is 0 Å². The Morgan fingerprint density at radius 3 is 2.69 bits per heavy atom. The van der Waals surface area contributed by atoms with E-state index in [1.54, 1.807) is 6.92 Å². The van der Waals surface area contributed by atoms with Crippen LogP contribution in [0.3, 0.4) is 0 Å². The van der Waals surface area contributed by atoms with Gasteiger partial charge in [0.25, 0.3) is 0 Å². The predicted octanol–water partition coefficient (Wildman–Crippen LogP) is 3.34. The summed E-state index contributed by atoms with van der Waals surface area (Å²) >= 11 is 0. The minimum Gasteiger partial charge on any atom is -0.299 e. The van der Waals surface area contributed by atoms with Crippen molar-refractivity contribution in [1.29, 1.82) is 5.26 Å². The fraction of sp³-hybridized carbons (Fsp3) is 0.545. The molecule has 1 aromatic carbocycles. The van der Waals surface area contributed by atoms with Crippen molar-refractivity contribution in [3.8, 4) is 6.07 Å². The number of likely N-dealkylation sites (tertiary alicyclic amines) is 1. The molecular weight excluding hydrogens is 322 g/mol. The monoisotopic (exact) mass is 351 g/mol. The van der Waals surface area contributed by atoms with Gasteiger partial charge in [0.1, 0.15) is 5.78 Å². The Hall–Kier alpha value is -1.96. The molecule has 0 amide bonds. The van der Waals surface area contributed by atoms with E-state index in [4.69, 9.17) is 5.26 Å². The van der Waals surface area contributed by atoms with Crippen LogP contribution in [0.4, 0.5) is 0 Å². The summed E-state index contributed by atoms with van der Waals surface area (Å²) in [5.41, 5.74) is 3.30. The second-order valence-electron chi connectivity index (χ2n) is 7.68. The van der Waals surface area contributed by atoms with Crippen molar-refractivity contribution < 1.29 is 4.79 Å². The molecule has 0 N–H and O–H groups in total. The van der Waals surface area contributed by atoms with E-state index in [-0.39, 0.29) is 5.78 Å². The van der Waals surface area contributed by atoms with Crippen LogP contribution in [-0.4, -0.2) is 54.9 Å². The molecule has 1 aromatic rings. The first-order valence-corrected chi connectivity index (χ1v) is 9.78. The Balaban J connectivity index is 1.42. The third kappa shape index (κ3) is 5.27. The molecule has 0 spiro atoms. The average Bonchev–Trinajstić information content (AvgIpc) is 2.67. The summed E-state index contributed by atoms with van der Waals surface area (Å²) in [6.07, 6.45) is 7.11. The van der Waals surface area contributed by atoms with Gasteiger partial charge < -0.3 is 0 Å². The molecule has 4 nitrogen and oxygen atoms in total. The highest BCUT2D eigenvalue weighted by molar-refractivity contribution is 5.77. The molecule has 2 aliphatic heterocycles. The van der Waals surface area contributed by atoms with Crippen molar-refractivity contribution >= 4 is 11.4 Å². The van der Waals surface area contributed by atoms with E-state index >= 15 is 0 Å². The zero-order valence-corrected chi connectivity index (χ0v) is 15.8. The third-order valence-electron chi connectivity index (χ3n) is 5.66. The molecule has 0 bridgehead atoms. The molecule has 2 heterocycles. The summed E-state index contributed by atoms with van der Waals surface area (Å²) in [4.78, 5) is 16.1. The van der Waals surface area contributed by atoms with Crippen molar-refractivity contribution in [3.05, 3.63) is 41.5 Å². The van der Waals surface area contributed by atoms with Gasteiger partial charge in [-0.15, -0.1) is 0 Å². The van der Waals surface area contributed by atoms with Gasteiger partial charge in [0.15, 0.2) is 0 Å². The fourth-order valence-corrected chi connectivity index (χ4v) is 4.08. The van der Waals surface area contributed by atoms with Crippen LogP contribution < -0.4 is 0 Å². The van der Waals surface area contributed by atoms with E-state index in [9.17, 15) is 4.79 Å². The molecule has 0 unspecified atom stereocenters. The molecule has 138 valence electrons. The van der Waals surface area contributed by atoms with E-state index in [1.807, 2.05) is 18.2 Å². The van der Waals surface area contributed by atoms with Crippen molar-refractivity contribution in [1.82, 2.24) is 9.80 Å². The Labute approximate surface area is 157 Å². The minimum absolute atomic E-state index is 0.277. The molecule has 2 aliphatic rings. The number of hydrogen-bond donors (Lipinski definition) is 0. The third-order valence-corrected chi connectivity index (χ3v) is 5.66. The smallest absolute Gasteiger partial charge is 0.143 e. The number of Topliss-reactive ketones (excluding diaryl/α,β-unsaturated/α-hetero) is 1. The van der Waals surface area contributed by atoms with Crippen molar-refractivity contribution in [2.45, 2.75) is 32.6 Å². The minimum atomic E-state index is 0.277. The zero-order valence-electron chi connectivity index (χ0n) is 15.8. The molecule has 1 fully saturated rings. The number of nitrogens with zero attached hydrogens (tertiary/aromatic N) is 3. The van der Waals surface area contributed by atoms with Crippen LogP contribution in [0.1, 0.15) is 43.7 Å². The Bertz CT molecular complexity index is 696. The van der Waals surface area contributed by atoms with Crippen molar-refractivity contribution in [2.75, 3.05) is 39.3 Å². The van der Waals surface area contributed by atoms with Crippen molar-refractivity contribution in [2.24, 2.45) is 5.92 Å². The lowest BCUT2D eigenvalue weighted by atomic mass is 9.92. The number of piperidine rings is 1. The zero-order chi connectivity index (χ0) is 18.4. The number of hydrogen-bond acceptors (Lipinski definition) is 4. The Morgan fingerprint density at radius 2 is 2.04 bits per heavy atom. The van der Waals surface area contributed by atoms with Crippen LogP contribution in [0.2, 0.25) is 0 Å². The number of carbonyl (C=O) groups is 1. The van der Waals surface area contributed by atoms with Crippen LogP contribution in [0.15, 0.2) is 30.3 Å². The molecule has 3 rings (SSSR count). The lowest BCUT2D eigenvalue weighted by molar-refractivity contribution is -0.118. The molecule has 0 aliphatic carbocycles. The maximum Gasteiger partial charge on any atom is 0.143 e. The van der Waals surface area contributed by atoms with Crippen LogP contribution >= 0.6 is 0 Å². The number of carbonyl (C=O) groups excluding carboxylic acids is 1. The van der Waals surface area contributed by atoms with Gasteiger partial charge in [-0.1, -0.05) is 18.2 Å². The number of benzene rings is 1.